The van der Waals surface area contributed by atoms with E-state index in [0.29, 0.717) is 40.4 Å². The average molecular weight is 406 g/mol. The zero-order valence-corrected chi connectivity index (χ0v) is 18.0. The largest absolute Gasteiger partial charge is 0.393 e. The Labute approximate surface area is 171 Å². The minimum absolute atomic E-state index is 0. The van der Waals surface area contributed by atoms with Crippen molar-refractivity contribution in [2.75, 3.05) is 0 Å². The van der Waals surface area contributed by atoms with Gasteiger partial charge in [-0.2, -0.15) is 6.42 Å². The molecule has 4 aliphatic carbocycles. The van der Waals surface area contributed by atoms with Crippen molar-refractivity contribution in [2.45, 2.75) is 90.8 Å². The van der Waals surface area contributed by atoms with E-state index in [2.05, 4.69) is 27.7 Å². The Hall–Kier alpha value is 0.426. The van der Waals surface area contributed by atoms with Crippen LogP contribution in [0.1, 0.15) is 78.6 Å². The van der Waals surface area contributed by atoms with Gasteiger partial charge in [-0.15, -0.1) is 0 Å². The first-order valence-corrected chi connectivity index (χ1v) is 11.0. The van der Waals surface area contributed by atoms with Gasteiger partial charge in [-0.3, -0.25) is 0 Å². The number of hydrogen-bond donors (Lipinski definition) is 2. The van der Waals surface area contributed by atoms with Crippen molar-refractivity contribution in [3.8, 4) is 0 Å². The van der Waals surface area contributed by atoms with Gasteiger partial charge in [0.1, 0.15) is 0 Å². The quantitative estimate of drug-likeness (QED) is 0.645. The SMILES string of the molecule is [CH2-]C[C@@H](C)[C@H]1CC[C@H]2C3[C@H](O)CC4C[C@H](O)CCC4(C)[C@H]3CCC12C.[Co]. The predicted molar refractivity (Wildman–Crippen MR) is 102 cm³/mol. The summed E-state index contributed by atoms with van der Waals surface area (Å²) < 4.78 is 0. The Morgan fingerprint density at radius 1 is 0.962 bits per heavy atom. The number of aliphatic hydroxyl groups is 2. The molecule has 4 rings (SSSR count). The second-order valence-corrected chi connectivity index (χ2v) is 10.7. The van der Waals surface area contributed by atoms with E-state index in [1.807, 2.05) is 0 Å². The minimum atomic E-state index is -0.146. The normalized spacial score (nSPS) is 54.5. The first-order valence-electron chi connectivity index (χ1n) is 11.0. The summed E-state index contributed by atoms with van der Waals surface area (Å²) in [5, 5.41) is 21.4. The number of fused-ring (bicyclic) bond motifs is 5. The van der Waals surface area contributed by atoms with Gasteiger partial charge in [0.05, 0.1) is 12.2 Å². The smallest absolute Gasteiger partial charge is 0.0577 e. The molecule has 0 saturated heterocycles. The maximum atomic E-state index is 11.2. The summed E-state index contributed by atoms with van der Waals surface area (Å²) in [5.41, 5.74) is 0.761. The average Bonchev–Trinajstić information content (AvgIpc) is 2.93. The van der Waals surface area contributed by atoms with Gasteiger partial charge in [0.25, 0.3) is 0 Å². The molecule has 0 aromatic heterocycles. The van der Waals surface area contributed by atoms with Crippen LogP contribution in [-0.2, 0) is 16.8 Å². The third-order valence-corrected chi connectivity index (χ3v) is 9.87. The van der Waals surface area contributed by atoms with Crippen LogP contribution in [0.3, 0.4) is 0 Å². The zero-order valence-electron chi connectivity index (χ0n) is 16.9. The zero-order chi connectivity index (χ0) is 18.0. The Bertz CT molecular complexity index is 510. The van der Waals surface area contributed by atoms with Crippen LogP contribution in [0.25, 0.3) is 0 Å². The van der Waals surface area contributed by atoms with Crippen LogP contribution in [0.15, 0.2) is 0 Å². The van der Waals surface area contributed by atoms with Crippen molar-refractivity contribution in [2.24, 2.45) is 46.3 Å². The fourth-order valence-electron chi connectivity index (χ4n) is 8.38. The van der Waals surface area contributed by atoms with Crippen molar-refractivity contribution >= 4 is 0 Å². The van der Waals surface area contributed by atoms with E-state index in [9.17, 15) is 10.2 Å². The van der Waals surface area contributed by atoms with Crippen LogP contribution in [0, 0.1) is 53.3 Å². The molecule has 1 radical (unpaired) electrons. The number of aliphatic hydroxyl groups excluding tert-OH is 2. The molecular formula is C23H39CoO2-. The van der Waals surface area contributed by atoms with Crippen molar-refractivity contribution in [3.63, 3.8) is 0 Å². The molecule has 4 saturated carbocycles. The van der Waals surface area contributed by atoms with Crippen LogP contribution >= 0.6 is 0 Å². The third-order valence-electron chi connectivity index (χ3n) is 9.87. The Kier molecular flexibility index (Phi) is 5.98. The summed E-state index contributed by atoms with van der Waals surface area (Å²) in [6, 6.07) is 0. The first-order chi connectivity index (χ1) is 11.8. The molecule has 0 heterocycles. The third kappa shape index (κ3) is 2.95. The molecule has 10 atom stereocenters. The van der Waals surface area contributed by atoms with Crippen LogP contribution in [0.5, 0.6) is 0 Å². The van der Waals surface area contributed by atoms with Crippen molar-refractivity contribution in [3.05, 3.63) is 6.92 Å². The molecule has 0 aromatic rings. The molecule has 0 aromatic carbocycles. The summed E-state index contributed by atoms with van der Waals surface area (Å²) >= 11 is 0. The summed E-state index contributed by atoms with van der Waals surface area (Å²) in [6.45, 7) is 11.6. The van der Waals surface area contributed by atoms with Gasteiger partial charge in [-0.05, 0) is 91.8 Å². The summed E-state index contributed by atoms with van der Waals surface area (Å²) in [7, 11) is 0. The summed E-state index contributed by atoms with van der Waals surface area (Å²) in [5.74, 6) is 3.89. The van der Waals surface area contributed by atoms with Gasteiger partial charge in [0, 0.05) is 16.8 Å². The van der Waals surface area contributed by atoms with Gasteiger partial charge in [0.15, 0.2) is 0 Å². The maximum Gasteiger partial charge on any atom is 0.0577 e. The molecule has 4 aliphatic rings. The van der Waals surface area contributed by atoms with Crippen LogP contribution < -0.4 is 0 Å². The molecule has 0 bridgehead atoms. The van der Waals surface area contributed by atoms with Crippen molar-refractivity contribution < 1.29 is 27.0 Å². The van der Waals surface area contributed by atoms with E-state index < -0.39 is 0 Å². The fraction of sp³-hybridized carbons (Fsp3) is 0.957. The summed E-state index contributed by atoms with van der Waals surface area (Å²) in [4.78, 5) is 0. The molecule has 153 valence electrons. The van der Waals surface area contributed by atoms with E-state index >= 15 is 0 Å². The van der Waals surface area contributed by atoms with Gasteiger partial charge in [-0.25, -0.2) is 0 Å². The molecular weight excluding hydrogens is 367 g/mol. The topological polar surface area (TPSA) is 40.5 Å². The molecule has 0 amide bonds. The van der Waals surface area contributed by atoms with E-state index in [0.717, 1.165) is 38.0 Å². The first kappa shape index (κ1) is 21.1. The Balaban J connectivity index is 0.00000196. The molecule has 0 aliphatic heterocycles. The Morgan fingerprint density at radius 2 is 1.62 bits per heavy atom. The van der Waals surface area contributed by atoms with Crippen LogP contribution in [0.2, 0.25) is 0 Å². The molecule has 4 unspecified atom stereocenters. The molecule has 4 fully saturated rings. The second kappa shape index (κ2) is 7.35. The van der Waals surface area contributed by atoms with Gasteiger partial charge < -0.3 is 17.1 Å². The standard InChI is InChI=1S/C23H39O2.Co/c1-5-14(2)17-6-7-18-21-19(9-11-23(17,18)4)22(3)10-8-16(24)12-15(22)13-20(21)25;/h14-21,24-25H,1,5-13H2,2-4H3;/q-1;/t14-,15?,16-,17-,18+,19+,20-,21?,22?,23?;/m1./s1. The second-order valence-electron chi connectivity index (χ2n) is 10.7. The fourth-order valence-corrected chi connectivity index (χ4v) is 8.38. The molecule has 2 N–H and O–H groups in total. The van der Waals surface area contributed by atoms with Crippen molar-refractivity contribution in [1.29, 1.82) is 0 Å². The minimum Gasteiger partial charge on any atom is -0.393 e. The summed E-state index contributed by atoms with van der Waals surface area (Å²) in [6.07, 6.45) is 10.0. The molecule has 2 nitrogen and oxygen atoms in total. The van der Waals surface area contributed by atoms with E-state index in [1.165, 1.54) is 25.7 Å². The van der Waals surface area contributed by atoms with E-state index in [1.54, 1.807) is 0 Å². The monoisotopic (exact) mass is 406 g/mol. The van der Waals surface area contributed by atoms with Crippen LogP contribution in [-0.4, -0.2) is 22.4 Å². The molecule has 26 heavy (non-hydrogen) atoms. The van der Waals surface area contributed by atoms with E-state index in [4.69, 9.17) is 0 Å². The molecule has 3 heteroatoms. The van der Waals surface area contributed by atoms with Crippen LogP contribution in [0.4, 0.5) is 0 Å². The number of hydrogen-bond acceptors (Lipinski definition) is 2. The van der Waals surface area contributed by atoms with Crippen molar-refractivity contribution in [1.82, 2.24) is 0 Å². The van der Waals surface area contributed by atoms with E-state index in [-0.39, 0.29) is 29.0 Å². The Morgan fingerprint density at radius 3 is 2.31 bits per heavy atom. The molecule has 0 spiro atoms. The van der Waals surface area contributed by atoms with Gasteiger partial charge in [0.2, 0.25) is 0 Å². The number of rotatable bonds is 2. The predicted octanol–water partition coefficient (Wildman–Crippen LogP) is 4.83. The van der Waals surface area contributed by atoms with Gasteiger partial charge in [-0.1, -0.05) is 26.7 Å². The maximum absolute atomic E-state index is 11.2. The van der Waals surface area contributed by atoms with Gasteiger partial charge >= 0.3 is 0 Å².